The van der Waals surface area contributed by atoms with Crippen molar-refractivity contribution in [2.24, 2.45) is 5.92 Å². The molecule has 3 heteroatoms. The van der Waals surface area contributed by atoms with Crippen molar-refractivity contribution in [3.8, 4) is 16.9 Å². The second-order valence-electron chi connectivity index (χ2n) is 6.45. The Bertz CT molecular complexity index is 677. The van der Waals surface area contributed by atoms with Crippen LogP contribution in [0.4, 0.5) is 4.39 Å². The molecule has 0 bridgehead atoms. The third-order valence-electron chi connectivity index (χ3n) is 3.72. The van der Waals surface area contributed by atoms with Gasteiger partial charge in [0, 0.05) is 0 Å². The van der Waals surface area contributed by atoms with Crippen LogP contribution in [0.1, 0.15) is 44.7 Å². The lowest BCUT2D eigenvalue weighted by atomic mass is 9.90. The molecule has 0 fully saturated rings. The Morgan fingerprint density at radius 2 is 1.73 bits per heavy atom. The second-order valence-corrected chi connectivity index (χ2v) is 6.86. The molecule has 0 amide bonds. The van der Waals surface area contributed by atoms with E-state index in [9.17, 15) is 9.50 Å². The number of halogens is 2. The summed E-state index contributed by atoms with van der Waals surface area (Å²) in [6.07, 6.45) is 0.800. The summed E-state index contributed by atoms with van der Waals surface area (Å²) in [7, 11) is 0. The van der Waals surface area contributed by atoms with Crippen molar-refractivity contribution >= 4 is 11.6 Å². The monoisotopic (exact) mass is 320 g/mol. The number of aromatic hydroxyl groups is 1. The van der Waals surface area contributed by atoms with Crippen LogP contribution < -0.4 is 0 Å². The Morgan fingerprint density at radius 3 is 2.27 bits per heavy atom. The van der Waals surface area contributed by atoms with Crippen LogP contribution in [0.25, 0.3) is 11.1 Å². The van der Waals surface area contributed by atoms with Crippen LogP contribution in [0.15, 0.2) is 30.3 Å². The molecule has 0 radical (unpaired) electrons. The van der Waals surface area contributed by atoms with Gasteiger partial charge in [-0.15, -0.1) is 0 Å². The van der Waals surface area contributed by atoms with Crippen LogP contribution in [0.5, 0.6) is 5.75 Å². The summed E-state index contributed by atoms with van der Waals surface area (Å²) in [4.78, 5) is 0. The van der Waals surface area contributed by atoms with Gasteiger partial charge in [-0.1, -0.05) is 45.4 Å². The van der Waals surface area contributed by atoms with Gasteiger partial charge in [-0.2, -0.15) is 0 Å². The molecule has 0 saturated heterocycles. The van der Waals surface area contributed by atoms with Gasteiger partial charge in [0.2, 0.25) is 0 Å². The standard InChI is InChI=1S/C19H22ClFO/c1-11(2)7-15-8-14(9-16(12(3)4)19(15)22)13-5-6-18(21)17(20)10-13/h5-6,8-12,22H,7H2,1-4H3. The fraction of sp³-hybridized carbons (Fsp3) is 0.368. The van der Waals surface area contributed by atoms with Gasteiger partial charge in [0.25, 0.3) is 0 Å². The quantitative estimate of drug-likeness (QED) is 0.713. The summed E-state index contributed by atoms with van der Waals surface area (Å²) in [5.74, 6) is 0.607. The molecular weight excluding hydrogens is 299 g/mol. The number of benzene rings is 2. The van der Waals surface area contributed by atoms with E-state index in [0.717, 1.165) is 28.7 Å². The molecule has 118 valence electrons. The normalized spacial score (nSPS) is 11.5. The number of hydrogen-bond acceptors (Lipinski definition) is 1. The summed E-state index contributed by atoms with van der Waals surface area (Å²) in [5, 5.41) is 10.6. The van der Waals surface area contributed by atoms with Crippen molar-refractivity contribution in [2.75, 3.05) is 0 Å². The fourth-order valence-electron chi connectivity index (χ4n) is 2.60. The molecule has 2 aromatic carbocycles. The van der Waals surface area contributed by atoms with E-state index >= 15 is 0 Å². The molecule has 0 spiro atoms. The lowest BCUT2D eigenvalue weighted by Crippen LogP contribution is -1.99. The van der Waals surface area contributed by atoms with Gasteiger partial charge in [0.1, 0.15) is 11.6 Å². The molecule has 0 aliphatic carbocycles. The van der Waals surface area contributed by atoms with Crippen LogP contribution in [-0.4, -0.2) is 5.11 Å². The fourth-order valence-corrected chi connectivity index (χ4v) is 2.78. The van der Waals surface area contributed by atoms with Crippen molar-refractivity contribution in [1.29, 1.82) is 0 Å². The molecule has 0 unspecified atom stereocenters. The van der Waals surface area contributed by atoms with Crippen molar-refractivity contribution in [3.05, 3.63) is 52.3 Å². The molecule has 0 atom stereocenters. The van der Waals surface area contributed by atoms with Crippen LogP contribution in [-0.2, 0) is 6.42 Å². The SMILES string of the molecule is CC(C)Cc1cc(-c2ccc(F)c(Cl)c2)cc(C(C)C)c1O. The predicted octanol–water partition coefficient (Wildman–Crippen LogP) is 6.17. The maximum absolute atomic E-state index is 13.4. The summed E-state index contributed by atoms with van der Waals surface area (Å²) in [6, 6.07) is 8.67. The van der Waals surface area contributed by atoms with Crippen LogP contribution in [0, 0.1) is 11.7 Å². The zero-order valence-electron chi connectivity index (χ0n) is 13.5. The first-order valence-corrected chi connectivity index (χ1v) is 7.98. The predicted molar refractivity (Wildman–Crippen MR) is 91.1 cm³/mol. The number of hydrogen-bond donors (Lipinski definition) is 1. The third kappa shape index (κ3) is 3.61. The van der Waals surface area contributed by atoms with E-state index in [1.54, 1.807) is 12.1 Å². The Morgan fingerprint density at radius 1 is 1.05 bits per heavy atom. The average Bonchev–Trinajstić information content (AvgIpc) is 2.43. The van der Waals surface area contributed by atoms with Crippen LogP contribution in [0.3, 0.4) is 0 Å². The topological polar surface area (TPSA) is 20.2 Å². The Kier molecular flexibility index (Phi) is 5.12. The smallest absolute Gasteiger partial charge is 0.141 e. The van der Waals surface area contributed by atoms with E-state index in [0.29, 0.717) is 11.7 Å². The van der Waals surface area contributed by atoms with E-state index in [1.165, 1.54) is 6.07 Å². The molecule has 0 aromatic heterocycles. The number of phenolic OH excluding ortho intramolecular Hbond substituents is 1. The van der Waals surface area contributed by atoms with Gasteiger partial charge in [-0.05, 0) is 64.8 Å². The van der Waals surface area contributed by atoms with Gasteiger partial charge in [0.05, 0.1) is 5.02 Å². The zero-order valence-corrected chi connectivity index (χ0v) is 14.2. The molecule has 22 heavy (non-hydrogen) atoms. The summed E-state index contributed by atoms with van der Waals surface area (Å²) < 4.78 is 13.4. The van der Waals surface area contributed by atoms with Crippen molar-refractivity contribution in [2.45, 2.75) is 40.0 Å². The minimum absolute atomic E-state index is 0.113. The zero-order chi connectivity index (χ0) is 16.4. The highest BCUT2D eigenvalue weighted by Crippen LogP contribution is 2.36. The molecule has 0 aliphatic rings. The highest BCUT2D eigenvalue weighted by molar-refractivity contribution is 6.31. The lowest BCUT2D eigenvalue weighted by molar-refractivity contribution is 0.452. The van der Waals surface area contributed by atoms with Gasteiger partial charge in [0.15, 0.2) is 0 Å². The van der Waals surface area contributed by atoms with Crippen molar-refractivity contribution < 1.29 is 9.50 Å². The van der Waals surface area contributed by atoms with Gasteiger partial charge in [-0.3, -0.25) is 0 Å². The minimum atomic E-state index is -0.421. The van der Waals surface area contributed by atoms with Crippen molar-refractivity contribution in [1.82, 2.24) is 0 Å². The first kappa shape index (κ1) is 16.8. The summed E-state index contributed by atoms with van der Waals surface area (Å²) >= 11 is 5.90. The Labute approximate surface area is 136 Å². The van der Waals surface area contributed by atoms with Gasteiger partial charge in [-0.25, -0.2) is 4.39 Å². The molecule has 0 saturated carbocycles. The first-order valence-electron chi connectivity index (χ1n) is 7.60. The third-order valence-corrected chi connectivity index (χ3v) is 4.01. The van der Waals surface area contributed by atoms with E-state index < -0.39 is 5.82 Å². The van der Waals surface area contributed by atoms with E-state index in [-0.39, 0.29) is 10.9 Å². The Balaban J connectivity index is 2.59. The molecule has 0 aliphatic heterocycles. The molecular formula is C19H22ClFO. The summed E-state index contributed by atoms with van der Waals surface area (Å²) in [6.45, 7) is 8.34. The highest BCUT2D eigenvalue weighted by atomic mass is 35.5. The van der Waals surface area contributed by atoms with Gasteiger partial charge < -0.3 is 5.11 Å². The van der Waals surface area contributed by atoms with Crippen LogP contribution >= 0.6 is 11.6 Å². The molecule has 2 rings (SSSR count). The maximum atomic E-state index is 13.4. The molecule has 2 aromatic rings. The number of rotatable bonds is 4. The van der Waals surface area contributed by atoms with Gasteiger partial charge >= 0.3 is 0 Å². The van der Waals surface area contributed by atoms with E-state index in [2.05, 4.69) is 27.7 Å². The maximum Gasteiger partial charge on any atom is 0.141 e. The van der Waals surface area contributed by atoms with Crippen LogP contribution in [0.2, 0.25) is 5.02 Å². The largest absolute Gasteiger partial charge is 0.507 e. The molecule has 0 heterocycles. The first-order chi connectivity index (χ1) is 10.3. The minimum Gasteiger partial charge on any atom is -0.507 e. The highest BCUT2D eigenvalue weighted by Gasteiger charge is 2.15. The van der Waals surface area contributed by atoms with E-state index in [1.807, 2.05) is 12.1 Å². The summed E-state index contributed by atoms with van der Waals surface area (Å²) in [5.41, 5.74) is 3.66. The van der Waals surface area contributed by atoms with Crippen molar-refractivity contribution in [3.63, 3.8) is 0 Å². The Hall–Kier alpha value is -1.54. The number of phenols is 1. The van der Waals surface area contributed by atoms with E-state index in [4.69, 9.17) is 11.6 Å². The second kappa shape index (κ2) is 6.70. The average molecular weight is 321 g/mol. The molecule has 1 N–H and O–H groups in total. The lowest BCUT2D eigenvalue weighted by Gasteiger charge is -2.17. The molecule has 1 nitrogen and oxygen atoms in total.